The van der Waals surface area contributed by atoms with Gasteiger partial charge in [0.25, 0.3) is 11.1 Å². The first-order valence-electron chi connectivity index (χ1n) is 7.84. The van der Waals surface area contributed by atoms with Crippen LogP contribution in [0.2, 0.25) is 0 Å². The highest BCUT2D eigenvalue weighted by atomic mass is 79.9. The number of amides is 3. The van der Waals surface area contributed by atoms with E-state index in [0.29, 0.717) is 28.1 Å². The van der Waals surface area contributed by atoms with Gasteiger partial charge in [-0.05, 0) is 57.9 Å². The fourth-order valence-corrected chi connectivity index (χ4v) is 3.73. The van der Waals surface area contributed by atoms with Crippen LogP contribution in [0.5, 0.6) is 11.5 Å². The smallest absolute Gasteiger partial charge is 0.294 e. The number of imide groups is 1. The maximum Gasteiger partial charge on any atom is 0.294 e. The van der Waals surface area contributed by atoms with Gasteiger partial charge in [-0.15, -0.1) is 0 Å². The van der Waals surface area contributed by atoms with E-state index in [1.807, 2.05) is 6.92 Å². The molecule has 1 heterocycles. The van der Waals surface area contributed by atoms with Gasteiger partial charge in [0.15, 0.2) is 11.5 Å². The van der Waals surface area contributed by atoms with E-state index in [2.05, 4.69) is 21.2 Å². The van der Waals surface area contributed by atoms with Crippen molar-refractivity contribution in [3.63, 3.8) is 0 Å². The lowest BCUT2D eigenvalue weighted by Gasteiger charge is -2.12. The van der Waals surface area contributed by atoms with Crippen molar-refractivity contribution in [2.24, 2.45) is 0 Å². The van der Waals surface area contributed by atoms with Gasteiger partial charge in [-0.2, -0.15) is 0 Å². The molecule has 2 rings (SSSR count). The number of halogens is 1. The van der Waals surface area contributed by atoms with Gasteiger partial charge in [0, 0.05) is 6.54 Å². The number of nitrogens with zero attached hydrogens (tertiary/aromatic N) is 1. The van der Waals surface area contributed by atoms with Crippen LogP contribution >= 0.6 is 27.7 Å². The molecule has 1 aliphatic heterocycles. The second kappa shape index (κ2) is 9.09. The van der Waals surface area contributed by atoms with Crippen molar-refractivity contribution in [2.75, 3.05) is 27.3 Å². The summed E-state index contributed by atoms with van der Waals surface area (Å²) in [5.74, 6) is 0.179. The third-order valence-electron chi connectivity index (χ3n) is 3.50. The fraction of sp³-hybridized carbons (Fsp3) is 0.353. The Bertz CT molecular complexity index is 766. The molecule has 0 bridgehead atoms. The second-order valence-corrected chi connectivity index (χ2v) is 7.20. The molecular weight excluding hydrogens is 424 g/mol. The molecule has 1 aliphatic rings. The zero-order valence-corrected chi connectivity index (χ0v) is 17.0. The lowest BCUT2D eigenvalue weighted by atomic mass is 10.2. The minimum absolute atomic E-state index is 0.248. The van der Waals surface area contributed by atoms with Crippen molar-refractivity contribution in [1.29, 1.82) is 0 Å². The lowest BCUT2D eigenvalue weighted by Crippen LogP contribution is -2.39. The Balaban J connectivity index is 2.22. The van der Waals surface area contributed by atoms with E-state index in [9.17, 15) is 14.4 Å². The number of thioether (sulfide) groups is 1. The molecular formula is C17H19BrN2O5S. The highest BCUT2D eigenvalue weighted by Gasteiger charge is 2.36. The molecule has 7 nitrogen and oxygen atoms in total. The number of ether oxygens (including phenoxy) is 2. The molecule has 140 valence electrons. The summed E-state index contributed by atoms with van der Waals surface area (Å²) in [5.41, 5.74) is 0.662. The Labute approximate surface area is 164 Å². The summed E-state index contributed by atoms with van der Waals surface area (Å²) in [6.45, 7) is 2.15. The van der Waals surface area contributed by atoms with Crippen LogP contribution < -0.4 is 14.8 Å². The Kier molecular flexibility index (Phi) is 7.10. The highest BCUT2D eigenvalue weighted by Crippen LogP contribution is 2.38. The van der Waals surface area contributed by atoms with Crippen LogP contribution in [0.25, 0.3) is 6.08 Å². The fourth-order valence-electron chi connectivity index (χ4n) is 2.27. The minimum Gasteiger partial charge on any atom is -0.493 e. The van der Waals surface area contributed by atoms with E-state index < -0.39 is 11.1 Å². The predicted octanol–water partition coefficient (Wildman–Crippen LogP) is 3.03. The van der Waals surface area contributed by atoms with Crippen molar-refractivity contribution in [2.45, 2.75) is 13.3 Å². The summed E-state index contributed by atoms with van der Waals surface area (Å²) < 4.78 is 11.2. The average molecular weight is 443 g/mol. The minimum atomic E-state index is -0.488. The maximum absolute atomic E-state index is 12.5. The monoisotopic (exact) mass is 442 g/mol. The predicted molar refractivity (Wildman–Crippen MR) is 103 cm³/mol. The topological polar surface area (TPSA) is 84.9 Å². The van der Waals surface area contributed by atoms with E-state index in [-0.39, 0.29) is 17.4 Å². The molecule has 26 heavy (non-hydrogen) atoms. The molecule has 3 amide bonds. The molecule has 0 aliphatic carbocycles. The largest absolute Gasteiger partial charge is 0.493 e. The zero-order valence-electron chi connectivity index (χ0n) is 14.6. The molecule has 0 unspecified atom stereocenters. The molecule has 0 radical (unpaired) electrons. The van der Waals surface area contributed by atoms with E-state index in [4.69, 9.17) is 9.47 Å². The SMILES string of the molecule is CCCNC(=O)CN1C(=O)S/C(=C\c2cc(Br)c(OC)c(OC)c2)C1=O. The van der Waals surface area contributed by atoms with Crippen molar-refractivity contribution < 1.29 is 23.9 Å². The molecule has 1 aromatic rings. The molecule has 1 aromatic carbocycles. The maximum atomic E-state index is 12.5. The van der Waals surface area contributed by atoms with Gasteiger partial charge in [-0.3, -0.25) is 19.3 Å². The van der Waals surface area contributed by atoms with Gasteiger partial charge in [0.2, 0.25) is 5.91 Å². The van der Waals surface area contributed by atoms with E-state index in [1.54, 1.807) is 18.2 Å². The van der Waals surface area contributed by atoms with E-state index in [1.165, 1.54) is 14.2 Å². The van der Waals surface area contributed by atoms with Gasteiger partial charge in [-0.1, -0.05) is 6.92 Å². The van der Waals surface area contributed by atoms with Crippen LogP contribution in [0, 0.1) is 0 Å². The Morgan fingerprint density at radius 3 is 2.65 bits per heavy atom. The number of hydrogen-bond acceptors (Lipinski definition) is 6. The lowest BCUT2D eigenvalue weighted by molar-refractivity contribution is -0.129. The summed E-state index contributed by atoms with van der Waals surface area (Å²) in [6.07, 6.45) is 2.36. The molecule has 0 saturated carbocycles. The number of carbonyl (C=O) groups excluding carboxylic acids is 3. The third kappa shape index (κ3) is 4.59. The first-order chi connectivity index (χ1) is 12.4. The van der Waals surface area contributed by atoms with Gasteiger partial charge < -0.3 is 14.8 Å². The number of methoxy groups -OCH3 is 2. The van der Waals surface area contributed by atoms with Gasteiger partial charge in [-0.25, -0.2) is 0 Å². The Morgan fingerprint density at radius 1 is 1.31 bits per heavy atom. The van der Waals surface area contributed by atoms with Crippen LogP contribution in [0.3, 0.4) is 0 Å². The van der Waals surface area contributed by atoms with Crippen molar-refractivity contribution in [3.05, 3.63) is 27.1 Å². The number of hydrogen-bond donors (Lipinski definition) is 1. The van der Waals surface area contributed by atoms with Gasteiger partial charge >= 0.3 is 0 Å². The van der Waals surface area contributed by atoms with Crippen molar-refractivity contribution in [3.8, 4) is 11.5 Å². The van der Waals surface area contributed by atoms with Crippen LogP contribution in [-0.2, 0) is 9.59 Å². The number of rotatable bonds is 7. The first kappa shape index (κ1) is 20.3. The van der Waals surface area contributed by atoms with Crippen LogP contribution in [0.15, 0.2) is 21.5 Å². The van der Waals surface area contributed by atoms with Gasteiger partial charge in [0.1, 0.15) is 6.54 Å². The van der Waals surface area contributed by atoms with Crippen LogP contribution in [0.4, 0.5) is 4.79 Å². The summed E-state index contributed by atoms with van der Waals surface area (Å²) in [7, 11) is 3.04. The van der Waals surface area contributed by atoms with E-state index >= 15 is 0 Å². The Morgan fingerprint density at radius 2 is 2.04 bits per heavy atom. The highest BCUT2D eigenvalue weighted by molar-refractivity contribution is 9.10. The summed E-state index contributed by atoms with van der Waals surface area (Å²) in [6, 6.07) is 3.45. The molecule has 0 atom stereocenters. The summed E-state index contributed by atoms with van der Waals surface area (Å²) >= 11 is 4.19. The molecule has 1 saturated heterocycles. The summed E-state index contributed by atoms with van der Waals surface area (Å²) in [5, 5.41) is 2.18. The van der Waals surface area contributed by atoms with Crippen LogP contribution in [-0.4, -0.2) is 49.3 Å². The molecule has 1 N–H and O–H groups in total. The zero-order chi connectivity index (χ0) is 19.3. The molecule has 1 fully saturated rings. The first-order valence-corrected chi connectivity index (χ1v) is 9.45. The third-order valence-corrected chi connectivity index (χ3v) is 5.00. The van der Waals surface area contributed by atoms with Crippen molar-refractivity contribution >= 4 is 50.8 Å². The Hall–Kier alpha value is -2.00. The van der Waals surface area contributed by atoms with Gasteiger partial charge in [0.05, 0.1) is 23.6 Å². The number of benzene rings is 1. The van der Waals surface area contributed by atoms with Crippen LogP contribution in [0.1, 0.15) is 18.9 Å². The van der Waals surface area contributed by atoms with E-state index in [0.717, 1.165) is 23.1 Å². The molecule has 0 aromatic heterocycles. The quantitative estimate of drug-likeness (QED) is 0.653. The number of nitrogens with one attached hydrogen (secondary N) is 1. The second-order valence-electron chi connectivity index (χ2n) is 5.36. The van der Waals surface area contributed by atoms with Crippen molar-refractivity contribution in [1.82, 2.24) is 10.2 Å². The number of carbonyl (C=O) groups is 3. The standard InChI is InChI=1S/C17H19BrN2O5S/c1-4-5-19-14(21)9-20-16(22)13(26-17(20)23)8-10-6-11(18)15(25-3)12(7-10)24-2/h6-8H,4-5,9H2,1-3H3,(H,19,21)/b13-8-. The normalized spacial score (nSPS) is 15.5. The molecule has 0 spiro atoms. The average Bonchev–Trinajstić information content (AvgIpc) is 2.86. The summed E-state index contributed by atoms with van der Waals surface area (Å²) in [4.78, 5) is 37.5. The molecule has 9 heteroatoms.